The SMILES string of the molecule is O=C1[C@@H]2CC=CC[C@@H]2[C@H]2c3[nH]c4ccccc4c3CCCN12. The van der Waals surface area contributed by atoms with Crippen LogP contribution in [0.5, 0.6) is 0 Å². The Kier molecular flexibility index (Phi) is 2.55. The molecule has 0 saturated carbocycles. The lowest BCUT2D eigenvalue weighted by Crippen LogP contribution is -2.29. The number of benzene rings is 1. The van der Waals surface area contributed by atoms with Crippen LogP contribution in [0.3, 0.4) is 0 Å². The highest BCUT2D eigenvalue weighted by molar-refractivity contribution is 5.87. The summed E-state index contributed by atoms with van der Waals surface area (Å²) in [6.45, 7) is 0.910. The Hall–Kier alpha value is -2.03. The number of nitrogens with one attached hydrogen (secondary N) is 1. The fourth-order valence-electron chi connectivity index (χ4n) is 4.84. The van der Waals surface area contributed by atoms with Crippen molar-refractivity contribution < 1.29 is 4.79 Å². The minimum Gasteiger partial charge on any atom is -0.356 e. The van der Waals surface area contributed by atoms with Crippen LogP contribution in [-0.2, 0) is 11.2 Å². The van der Waals surface area contributed by atoms with Crippen molar-refractivity contribution in [3.05, 3.63) is 47.7 Å². The molecule has 112 valence electrons. The van der Waals surface area contributed by atoms with E-state index in [4.69, 9.17) is 0 Å². The van der Waals surface area contributed by atoms with Crippen molar-refractivity contribution in [3.8, 4) is 0 Å². The number of rotatable bonds is 0. The summed E-state index contributed by atoms with van der Waals surface area (Å²) in [5, 5.41) is 1.35. The monoisotopic (exact) mass is 292 g/mol. The molecule has 0 radical (unpaired) electrons. The zero-order valence-electron chi connectivity index (χ0n) is 12.6. The van der Waals surface area contributed by atoms with Gasteiger partial charge in [0.1, 0.15) is 0 Å². The summed E-state index contributed by atoms with van der Waals surface area (Å²) in [7, 11) is 0. The Labute approximate surface area is 130 Å². The van der Waals surface area contributed by atoms with E-state index in [0.29, 0.717) is 11.8 Å². The van der Waals surface area contributed by atoms with Crippen molar-refractivity contribution in [1.82, 2.24) is 9.88 Å². The topological polar surface area (TPSA) is 36.1 Å². The van der Waals surface area contributed by atoms with Gasteiger partial charge < -0.3 is 9.88 Å². The van der Waals surface area contributed by atoms with E-state index >= 15 is 0 Å². The summed E-state index contributed by atoms with van der Waals surface area (Å²) in [5.74, 6) is 1.03. The van der Waals surface area contributed by atoms with Gasteiger partial charge in [-0.2, -0.15) is 0 Å². The van der Waals surface area contributed by atoms with Gasteiger partial charge in [-0.1, -0.05) is 30.4 Å². The number of nitrogens with zero attached hydrogens (tertiary/aromatic N) is 1. The highest BCUT2D eigenvalue weighted by atomic mass is 16.2. The lowest BCUT2D eigenvalue weighted by Gasteiger charge is -2.27. The zero-order chi connectivity index (χ0) is 14.7. The minimum atomic E-state index is 0.201. The van der Waals surface area contributed by atoms with Gasteiger partial charge in [-0.05, 0) is 37.3 Å². The first-order chi connectivity index (χ1) is 10.8. The molecule has 1 aromatic carbocycles. The largest absolute Gasteiger partial charge is 0.356 e. The van der Waals surface area contributed by atoms with Gasteiger partial charge >= 0.3 is 0 Å². The van der Waals surface area contributed by atoms with Gasteiger partial charge in [0.05, 0.1) is 6.04 Å². The maximum atomic E-state index is 12.8. The van der Waals surface area contributed by atoms with Gasteiger partial charge in [-0.15, -0.1) is 0 Å². The number of amides is 1. The van der Waals surface area contributed by atoms with Crippen molar-refractivity contribution in [2.75, 3.05) is 6.54 Å². The standard InChI is InChI=1S/C19H20N2O/c22-19-15-8-2-1-7-14(15)18-17-13(9-5-11-21(18)19)12-6-3-4-10-16(12)20-17/h1-4,6,10,14-15,18,20H,5,7-9,11H2/t14-,15+,18-/m0/s1. The van der Waals surface area contributed by atoms with Crippen molar-refractivity contribution in [3.63, 3.8) is 0 Å². The molecule has 0 bridgehead atoms. The van der Waals surface area contributed by atoms with Crippen LogP contribution in [0.2, 0.25) is 0 Å². The molecule has 3 aliphatic rings. The van der Waals surface area contributed by atoms with Crippen LogP contribution in [-0.4, -0.2) is 22.3 Å². The Morgan fingerprint density at radius 1 is 1.14 bits per heavy atom. The predicted octanol–water partition coefficient (Wildman–Crippen LogP) is 3.58. The molecular formula is C19H20N2O. The quantitative estimate of drug-likeness (QED) is 0.740. The normalized spacial score (nSPS) is 30.1. The van der Waals surface area contributed by atoms with Gasteiger partial charge in [-0.25, -0.2) is 0 Å². The third kappa shape index (κ3) is 1.54. The number of hydrogen-bond acceptors (Lipinski definition) is 1. The molecule has 0 unspecified atom stereocenters. The van der Waals surface area contributed by atoms with E-state index < -0.39 is 0 Å². The van der Waals surface area contributed by atoms with Gasteiger partial charge in [0, 0.05) is 35.0 Å². The first-order valence-electron chi connectivity index (χ1n) is 8.39. The molecule has 3 atom stereocenters. The number of hydrogen-bond donors (Lipinski definition) is 1. The van der Waals surface area contributed by atoms with Gasteiger partial charge in [0.2, 0.25) is 5.91 Å². The average Bonchev–Trinajstić information content (AvgIpc) is 2.97. The van der Waals surface area contributed by atoms with Gasteiger partial charge in [-0.3, -0.25) is 4.79 Å². The number of allylic oxidation sites excluding steroid dienone is 2. The minimum absolute atomic E-state index is 0.201. The van der Waals surface area contributed by atoms with Crippen LogP contribution in [0.15, 0.2) is 36.4 Å². The first-order valence-corrected chi connectivity index (χ1v) is 8.39. The number of carbonyl (C=O) groups is 1. The lowest BCUT2D eigenvalue weighted by molar-refractivity contribution is -0.132. The highest BCUT2D eigenvalue weighted by Gasteiger charge is 2.49. The maximum Gasteiger partial charge on any atom is 0.226 e. The number of fused-ring (bicyclic) bond motifs is 7. The average molecular weight is 292 g/mol. The second-order valence-corrected chi connectivity index (χ2v) is 6.86. The Morgan fingerprint density at radius 2 is 2.00 bits per heavy atom. The highest BCUT2D eigenvalue weighted by Crippen LogP contribution is 2.49. The van der Waals surface area contributed by atoms with E-state index in [0.717, 1.165) is 32.2 Å². The molecule has 5 rings (SSSR count). The predicted molar refractivity (Wildman–Crippen MR) is 86.4 cm³/mol. The van der Waals surface area contributed by atoms with E-state index in [1.807, 2.05) is 0 Å². The smallest absolute Gasteiger partial charge is 0.226 e. The molecule has 1 aliphatic carbocycles. The molecule has 1 aromatic heterocycles. The van der Waals surface area contributed by atoms with Crippen molar-refractivity contribution in [1.29, 1.82) is 0 Å². The summed E-state index contributed by atoms with van der Waals surface area (Å²) in [6.07, 6.45) is 8.57. The van der Waals surface area contributed by atoms with Crippen molar-refractivity contribution in [2.24, 2.45) is 11.8 Å². The molecule has 22 heavy (non-hydrogen) atoms. The molecular weight excluding hydrogens is 272 g/mol. The Balaban J connectivity index is 1.72. The van der Waals surface area contributed by atoms with Gasteiger partial charge in [0.25, 0.3) is 0 Å². The molecule has 1 saturated heterocycles. The van der Waals surface area contributed by atoms with Gasteiger partial charge in [0.15, 0.2) is 0 Å². The molecule has 3 heterocycles. The third-order valence-corrected chi connectivity index (χ3v) is 5.79. The van der Waals surface area contributed by atoms with E-state index in [1.165, 1.54) is 22.2 Å². The van der Waals surface area contributed by atoms with E-state index in [1.54, 1.807) is 0 Å². The second kappa shape index (κ2) is 4.48. The number of para-hydroxylation sites is 1. The zero-order valence-corrected chi connectivity index (χ0v) is 12.6. The Bertz CT molecular complexity index is 788. The lowest BCUT2D eigenvalue weighted by atomic mass is 9.80. The third-order valence-electron chi connectivity index (χ3n) is 5.79. The molecule has 3 nitrogen and oxygen atoms in total. The van der Waals surface area contributed by atoms with Crippen LogP contribution >= 0.6 is 0 Å². The first kappa shape index (κ1) is 12.5. The van der Waals surface area contributed by atoms with E-state index in [2.05, 4.69) is 46.3 Å². The van der Waals surface area contributed by atoms with Crippen LogP contribution in [0.25, 0.3) is 10.9 Å². The molecule has 1 fully saturated rings. The number of aromatic nitrogens is 1. The molecule has 2 aromatic rings. The van der Waals surface area contributed by atoms with Crippen molar-refractivity contribution in [2.45, 2.75) is 31.7 Å². The van der Waals surface area contributed by atoms with Crippen LogP contribution < -0.4 is 0 Å². The fraction of sp³-hybridized carbons (Fsp3) is 0.421. The second-order valence-electron chi connectivity index (χ2n) is 6.86. The van der Waals surface area contributed by atoms with E-state index in [9.17, 15) is 4.79 Å². The maximum absolute atomic E-state index is 12.8. The molecule has 2 aliphatic heterocycles. The summed E-state index contributed by atoms with van der Waals surface area (Å²) >= 11 is 0. The number of aryl methyl sites for hydroxylation is 1. The van der Waals surface area contributed by atoms with Crippen molar-refractivity contribution >= 4 is 16.8 Å². The molecule has 1 amide bonds. The van der Waals surface area contributed by atoms with Crippen LogP contribution in [0.1, 0.15) is 36.6 Å². The fourth-order valence-corrected chi connectivity index (χ4v) is 4.84. The number of aromatic amines is 1. The summed E-state index contributed by atoms with van der Waals surface area (Å²) in [4.78, 5) is 18.7. The molecule has 1 N–H and O–H groups in total. The van der Waals surface area contributed by atoms with E-state index in [-0.39, 0.29) is 12.0 Å². The Morgan fingerprint density at radius 3 is 2.95 bits per heavy atom. The van der Waals surface area contributed by atoms with Crippen LogP contribution in [0, 0.1) is 11.8 Å². The summed E-state index contributed by atoms with van der Waals surface area (Å²) < 4.78 is 0. The summed E-state index contributed by atoms with van der Waals surface area (Å²) in [6, 6.07) is 8.83. The molecule has 0 spiro atoms. The number of H-pyrrole nitrogens is 1. The summed E-state index contributed by atoms with van der Waals surface area (Å²) in [5.41, 5.74) is 3.98. The number of carbonyl (C=O) groups excluding carboxylic acids is 1. The molecule has 3 heteroatoms. The van der Waals surface area contributed by atoms with Crippen LogP contribution in [0.4, 0.5) is 0 Å².